The number of aromatic nitrogens is 1. The molecule has 0 radical (unpaired) electrons. The topological polar surface area (TPSA) is 98.2 Å². The van der Waals surface area contributed by atoms with E-state index in [9.17, 15) is 14.7 Å². The van der Waals surface area contributed by atoms with Gasteiger partial charge in [-0.15, -0.1) is 0 Å². The minimum Gasteiger partial charge on any atom is -0.507 e. The summed E-state index contributed by atoms with van der Waals surface area (Å²) in [7, 11) is 2.84. The van der Waals surface area contributed by atoms with Crippen LogP contribution in [0, 0.1) is 0 Å². The lowest BCUT2D eigenvalue weighted by Gasteiger charge is -2.25. The van der Waals surface area contributed by atoms with Gasteiger partial charge < -0.3 is 19.3 Å². The number of Topliss-reactive ketones (excluding diaryl/α,β-unsaturated/α-hetero) is 1. The summed E-state index contributed by atoms with van der Waals surface area (Å²) in [5.41, 5.74) is 1.13. The number of hydrogen-bond acceptors (Lipinski definition) is 7. The summed E-state index contributed by atoms with van der Waals surface area (Å²) in [6.45, 7) is 2.36. The molecule has 2 heterocycles. The molecule has 1 saturated heterocycles. The third kappa shape index (κ3) is 4.40. The van der Waals surface area contributed by atoms with Crippen molar-refractivity contribution in [1.29, 1.82) is 0 Å². The molecule has 1 aliphatic heterocycles. The first-order valence-electron chi connectivity index (χ1n) is 10.8. The van der Waals surface area contributed by atoms with Gasteiger partial charge in [-0.1, -0.05) is 11.6 Å². The van der Waals surface area contributed by atoms with Crippen molar-refractivity contribution in [2.24, 2.45) is 0 Å². The number of carbonyl (C=O) groups is 2. The SMILES string of the molecule is CCOc1ccc(N2C(=O)C(=O)/C(=C(/O)c3cc(OC)c(Cl)cc3OC)C2c2ccncc2)cc1. The highest BCUT2D eigenvalue weighted by molar-refractivity contribution is 6.51. The number of methoxy groups -OCH3 is 2. The number of ketones is 1. The number of benzene rings is 2. The number of aliphatic hydroxyl groups excluding tert-OH is 1. The van der Waals surface area contributed by atoms with E-state index in [0.29, 0.717) is 23.6 Å². The van der Waals surface area contributed by atoms with Crippen LogP contribution in [0.3, 0.4) is 0 Å². The molecule has 1 unspecified atom stereocenters. The number of carbonyl (C=O) groups excluding carboxylic acids is 2. The lowest BCUT2D eigenvalue weighted by molar-refractivity contribution is -0.132. The largest absolute Gasteiger partial charge is 0.507 e. The summed E-state index contributed by atoms with van der Waals surface area (Å²) in [6, 6.07) is 12.2. The molecule has 1 fully saturated rings. The van der Waals surface area contributed by atoms with Gasteiger partial charge in [0.2, 0.25) is 0 Å². The molecule has 1 atom stereocenters. The molecule has 3 aromatic rings. The van der Waals surface area contributed by atoms with Crippen LogP contribution < -0.4 is 19.1 Å². The molecule has 1 amide bonds. The Labute approximate surface area is 207 Å². The zero-order valence-corrected chi connectivity index (χ0v) is 20.1. The van der Waals surface area contributed by atoms with Gasteiger partial charge in [-0.2, -0.15) is 0 Å². The third-order valence-electron chi connectivity index (χ3n) is 5.62. The Kier molecular flexibility index (Phi) is 6.93. The molecule has 9 heteroatoms. The second kappa shape index (κ2) is 10.1. The smallest absolute Gasteiger partial charge is 0.300 e. The second-order valence-electron chi connectivity index (χ2n) is 7.56. The molecule has 1 aliphatic rings. The Hall–Kier alpha value is -4.04. The van der Waals surface area contributed by atoms with Crippen LogP contribution in [0.15, 0.2) is 66.5 Å². The molecule has 2 aromatic carbocycles. The monoisotopic (exact) mass is 494 g/mol. The fourth-order valence-electron chi connectivity index (χ4n) is 4.02. The minimum absolute atomic E-state index is 0.0993. The van der Waals surface area contributed by atoms with Crippen LogP contribution in [0.2, 0.25) is 5.02 Å². The van der Waals surface area contributed by atoms with Crippen LogP contribution in [0.25, 0.3) is 5.76 Å². The maximum absolute atomic E-state index is 13.3. The van der Waals surface area contributed by atoms with Crippen molar-refractivity contribution in [3.05, 3.63) is 82.6 Å². The Morgan fingerprint density at radius 1 is 1.03 bits per heavy atom. The molecular weight excluding hydrogens is 472 g/mol. The quantitative estimate of drug-likeness (QED) is 0.287. The molecule has 35 heavy (non-hydrogen) atoms. The van der Waals surface area contributed by atoms with E-state index in [-0.39, 0.29) is 27.7 Å². The number of nitrogens with zero attached hydrogens (tertiary/aromatic N) is 2. The average molecular weight is 495 g/mol. The zero-order valence-electron chi connectivity index (χ0n) is 19.3. The Morgan fingerprint density at radius 3 is 2.29 bits per heavy atom. The van der Waals surface area contributed by atoms with Gasteiger partial charge in [0.05, 0.1) is 43.0 Å². The first-order valence-corrected chi connectivity index (χ1v) is 11.1. The van der Waals surface area contributed by atoms with Gasteiger partial charge in [0.15, 0.2) is 0 Å². The number of amides is 1. The van der Waals surface area contributed by atoms with Crippen LogP contribution in [-0.2, 0) is 9.59 Å². The number of halogens is 1. The standard InChI is InChI=1S/C26H23ClN2O6/c1-4-35-17-7-5-16(6-8-17)29-23(15-9-11-28-12-10-15)22(25(31)26(29)32)24(30)18-13-21(34-3)19(27)14-20(18)33-2/h5-14,23,30H,4H2,1-3H3/b24-22+. The van der Waals surface area contributed by atoms with Gasteiger partial charge >= 0.3 is 0 Å². The summed E-state index contributed by atoms with van der Waals surface area (Å²) in [5, 5.41) is 11.7. The van der Waals surface area contributed by atoms with E-state index in [1.165, 1.54) is 31.3 Å². The van der Waals surface area contributed by atoms with Gasteiger partial charge in [0, 0.05) is 24.1 Å². The van der Waals surface area contributed by atoms with Crippen molar-refractivity contribution in [3.63, 3.8) is 0 Å². The predicted octanol–water partition coefficient (Wildman–Crippen LogP) is 4.78. The minimum atomic E-state index is -0.915. The summed E-state index contributed by atoms with van der Waals surface area (Å²) in [6.07, 6.45) is 3.11. The van der Waals surface area contributed by atoms with E-state index in [0.717, 1.165) is 0 Å². The second-order valence-corrected chi connectivity index (χ2v) is 7.97. The van der Waals surface area contributed by atoms with Gasteiger partial charge in [-0.3, -0.25) is 19.5 Å². The molecule has 0 aliphatic carbocycles. The van der Waals surface area contributed by atoms with E-state index >= 15 is 0 Å². The van der Waals surface area contributed by atoms with Gasteiger partial charge in [-0.05, 0) is 55.0 Å². The number of rotatable bonds is 7. The normalized spacial score (nSPS) is 16.9. The number of anilines is 1. The highest BCUT2D eigenvalue weighted by atomic mass is 35.5. The third-order valence-corrected chi connectivity index (χ3v) is 5.92. The molecule has 180 valence electrons. The molecule has 8 nitrogen and oxygen atoms in total. The lowest BCUT2D eigenvalue weighted by Crippen LogP contribution is -2.29. The predicted molar refractivity (Wildman–Crippen MR) is 131 cm³/mol. The lowest BCUT2D eigenvalue weighted by atomic mass is 9.95. The fraction of sp³-hybridized carbons (Fsp3) is 0.192. The first-order chi connectivity index (χ1) is 16.9. The van der Waals surface area contributed by atoms with Crippen LogP contribution in [0.1, 0.15) is 24.1 Å². The van der Waals surface area contributed by atoms with Crippen LogP contribution in [0.4, 0.5) is 5.69 Å². The molecule has 1 N–H and O–H groups in total. The van der Waals surface area contributed by atoms with E-state index in [1.54, 1.807) is 48.8 Å². The van der Waals surface area contributed by atoms with Gasteiger partial charge in [-0.25, -0.2) is 0 Å². The molecule has 4 rings (SSSR count). The van der Waals surface area contributed by atoms with Crippen molar-refractivity contribution in [1.82, 2.24) is 4.98 Å². The Bertz CT molecular complexity index is 1290. The van der Waals surface area contributed by atoms with Crippen LogP contribution in [-0.4, -0.2) is 42.6 Å². The van der Waals surface area contributed by atoms with Crippen molar-refractivity contribution >= 4 is 34.7 Å². The molecule has 1 aromatic heterocycles. The molecule has 0 spiro atoms. The number of ether oxygens (including phenoxy) is 3. The van der Waals surface area contributed by atoms with Crippen molar-refractivity contribution in [3.8, 4) is 17.2 Å². The molecule has 0 saturated carbocycles. The Morgan fingerprint density at radius 2 is 1.69 bits per heavy atom. The Balaban J connectivity index is 1.93. The zero-order chi connectivity index (χ0) is 25.1. The molecular formula is C26H23ClN2O6. The first kappa shape index (κ1) is 24.1. The summed E-state index contributed by atoms with van der Waals surface area (Å²) in [4.78, 5) is 32.0. The van der Waals surface area contributed by atoms with E-state index < -0.39 is 23.5 Å². The van der Waals surface area contributed by atoms with Gasteiger partial charge in [0.25, 0.3) is 11.7 Å². The number of hydrogen-bond donors (Lipinski definition) is 1. The van der Waals surface area contributed by atoms with E-state index in [1.807, 2.05) is 6.92 Å². The van der Waals surface area contributed by atoms with Crippen molar-refractivity contribution < 1.29 is 28.9 Å². The summed E-state index contributed by atoms with van der Waals surface area (Å²) < 4.78 is 16.2. The number of aliphatic hydroxyl groups is 1. The summed E-state index contributed by atoms with van der Waals surface area (Å²) >= 11 is 6.21. The highest BCUT2D eigenvalue weighted by Crippen LogP contribution is 2.44. The summed E-state index contributed by atoms with van der Waals surface area (Å²) in [5.74, 6) is -0.910. The average Bonchev–Trinajstić information content (AvgIpc) is 3.15. The molecule has 0 bridgehead atoms. The highest BCUT2D eigenvalue weighted by Gasteiger charge is 2.47. The maximum atomic E-state index is 13.3. The maximum Gasteiger partial charge on any atom is 0.300 e. The van der Waals surface area contributed by atoms with Crippen molar-refractivity contribution in [2.75, 3.05) is 25.7 Å². The fourth-order valence-corrected chi connectivity index (χ4v) is 4.25. The van der Waals surface area contributed by atoms with Crippen LogP contribution in [0.5, 0.6) is 17.2 Å². The van der Waals surface area contributed by atoms with Gasteiger partial charge in [0.1, 0.15) is 23.0 Å². The van der Waals surface area contributed by atoms with Crippen molar-refractivity contribution in [2.45, 2.75) is 13.0 Å². The van der Waals surface area contributed by atoms with E-state index in [4.69, 9.17) is 25.8 Å². The number of pyridine rings is 1. The van der Waals surface area contributed by atoms with E-state index in [2.05, 4.69) is 4.98 Å². The van der Waals surface area contributed by atoms with Crippen LogP contribution >= 0.6 is 11.6 Å².